The molecular formula is C18H22F4N6. The first-order valence-corrected chi connectivity index (χ1v) is 8.67. The van der Waals surface area contributed by atoms with E-state index in [9.17, 15) is 17.6 Å². The molecule has 0 saturated carbocycles. The maximum Gasteiger partial charge on any atom is 0.433 e. The lowest BCUT2D eigenvalue weighted by atomic mass is 10.2. The second-order valence-electron chi connectivity index (χ2n) is 5.91. The number of alkyl halides is 3. The molecule has 2 aromatic rings. The number of anilines is 1. The average Bonchev–Trinajstić information content (AvgIpc) is 2.64. The fraction of sp³-hybridized carbons (Fsp3) is 0.389. The average molecular weight is 398 g/mol. The van der Waals surface area contributed by atoms with Gasteiger partial charge in [-0.3, -0.25) is 4.99 Å². The number of aliphatic imine (C=N–C) groups is 1. The third-order valence-corrected chi connectivity index (χ3v) is 3.61. The second-order valence-corrected chi connectivity index (χ2v) is 5.91. The molecule has 1 aromatic heterocycles. The summed E-state index contributed by atoms with van der Waals surface area (Å²) in [5.74, 6) is 0.180. The zero-order valence-corrected chi connectivity index (χ0v) is 15.6. The Labute approximate surface area is 160 Å². The van der Waals surface area contributed by atoms with Gasteiger partial charge in [-0.2, -0.15) is 13.2 Å². The number of aromatic nitrogens is 2. The zero-order valence-electron chi connectivity index (χ0n) is 15.6. The standard InChI is InChI=1S/C18H22F4N6/c1-3-23-17(28(2)12-13-5-4-6-14(19)11-13)26-10-9-25-16-24-8-7-15(27-16)18(20,21)22/h4-8,11H,3,9-10,12H2,1-2H3,(H,23,26)(H,24,25,27). The van der Waals surface area contributed by atoms with Crippen LogP contribution in [0.1, 0.15) is 18.2 Å². The summed E-state index contributed by atoms with van der Waals surface area (Å²) in [6.45, 7) is 3.55. The van der Waals surface area contributed by atoms with E-state index >= 15 is 0 Å². The summed E-state index contributed by atoms with van der Waals surface area (Å²) in [7, 11) is 1.82. The number of benzene rings is 1. The molecule has 0 aliphatic carbocycles. The van der Waals surface area contributed by atoms with Crippen LogP contribution in [0, 0.1) is 5.82 Å². The Morgan fingerprint density at radius 1 is 1.25 bits per heavy atom. The van der Waals surface area contributed by atoms with Crippen LogP contribution in [0.15, 0.2) is 41.5 Å². The molecule has 0 atom stereocenters. The van der Waals surface area contributed by atoms with Crippen LogP contribution >= 0.6 is 0 Å². The first-order valence-electron chi connectivity index (χ1n) is 8.67. The van der Waals surface area contributed by atoms with Gasteiger partial charge in [0.2, 0.25) is 5.95 Å². The van der Waals surface area contributed by atoms with Gasteiger partial charge in [-0.05, 0) is 30.7 Å². The van der Waals surface area contributed by atoms with Crippen molar-refractivity contribution in [3.63, 3.8) is 0 Å². The van der Waals surface area contributed by atoms with Crippen LogP contribution in [-0.4, -0.2) is 47.5 Å². The Hall–Kier alpha value is -2.91. The minimum atomic E-state index is -4.52. The topological polar surface area (TPSA) is 65.4 Å². The van der Waals surface area contributed by atoms with Crippen molar-refractivity contribution >= 4 is 11.9 Å². The maximum atomic E-state index is 13.3. The molecule has 0 saturated heterocycles. The van der Waals surface area contributed by atoms with Gasteiger partial charge in [0.15, 0.2) is 5.96 Å². The van der Waals surface area contributed by atoms with Gasteiger partial charge in [0.05, 0.1) is 6.54 Å². The third kappa shape index (κ3) is 6.67. The van der Waals surface area contributed by atoms with E-state index in [4.69, 9.17) is 0 Å². The summed E-state index contributed by atoms with van der Waals surface area (Å²) in [4.78, 5) is 13.5. The van der Waals surface area contributed by atoms with Crippen LogP contribution in [-0.2, 0) is 12.7 Å². The van der Waals surface area contributed by atoms with Crippen LogP contribution < -0.4 is 10.6 Å². The van der Waals surface area contributed by atoms with Gasteiger partial charge in [-0.1, -0.05) is 12.1 Å². The van der Waals surface area contributed by atoms with Crippen molar-refractivity contribution in [2.45, 2.75) is 19.6 Å². The molecule has 0 unspecified atom stereocenters. The SMILES string of the molecule is CCNC(=NCCNc1nccc(C(F)(F)F)n1)N(C)Cc1cccc(F)c1. The van der Waals surface area contributed by atoms with Crippen LogP contribution in [0.4, 0.5) is 23.5 Å². The summed E-state index contributed by atoms with van der Waals surface area (Å²) in [6, 6.07) is 7.10. The van der Waals surface area contributed by atoms with Gasteiger partial charge < -0.3 is 15.5 Å². The number of hydrogen-bond acceptors (Lipinski definition) is 4. The summed E-state index contributed by atoms with van der Waals surface area (Å²) < 4.78 is 51.3. The number of nitrogens with zero attached hydrogens (tertiary/aromatic N) is 4. The lowest BCUT2D eigenvalue weighted by Gasteiger charge is -2.22. The fourth-order valence-electron chi connectivity index (χ4n) is 2.39. The number of halogens is 4. The predicted octanol–water partition coefficient (Wildman–Crippen LogP) is 3.14. The zero-order chi connectivity index (χ0) is 20.6. The maximum absolute atomic E-state index is 13.3. The molecule has 0 bridgehead atoms. The van der Waals surface area contributed by atoms with Gasteiger partial charge in [0.25, 0.3) is 0 Å². The highest BCUT2D eigenvalue weighted by molar-refractivity contribution is 5.79. The normalized spacial score (nSPS) is 12.0. The second kappa shape index (κ2) is 9.86. The molecule has 0 aliphatic heterocycles. The molecule has 1 heterocycles. The first kappa shape index (κ1) is 21.4. The minimum Gasteiger partial charge on any atom is -0.357 e. The van der Waals surface area contributed by atoms with Crippen molar-refractivity contribution in [1.82, 2.24) is 20.2 Å². The lowest BCUT2D eigenvalue weighted by Crippen LogP contribution is -2.38. The van der Waals surface area contributed by atoms with Crippen LogP contribution in [0.5, 0.6) is 0 Å². The third-order valence-electron chi connectivity index (χ3n) is 3.61. The van der Waals surface area contributed by atoms with E-state index in [1.54, 1.807) is 6.07 Å². The molecular weight excluding hydrogens is 376 g/mol. The first-order chi connectivity index (χ1) is 13.3. The quantitative estimate of drug-likeness (QED) is 0.325. The van der Waals surface area contributed by atoms with Crippen molar-refractivity contribution < 1.29 is 17.6 Å². The van der Waals surface area contributed by atoms with Crippen molar-refractivity contribution in [3.8, 4) is 0 Å². The highest BCUT2D eigenvalue weighted by Gasteiger charge is 2.32. The van der Waals surface area contributed by atoms with E-state index in [2.05, 4.69) is 25.6 Å². The van der Waals surface area contributed by atoms with Gasteiger partial charge in [-0.25, -0.2) is 14.4 Å². The van der Waals surface area contributed by atoms with E-state index in [0.29, 0.717) is 19.0 Å². The summed E-state index contributed by atoms with van der Waals surface area (Å²) in [5.41, 5.74) is -0.208. The van der Waals surface area contributed by atoms with Crippen LogP contribution in [0.3, 0.4) is 0 Å². The summed E-state index contributed by atoms with van der Waals surface area (Å²) >= 11 is 0. The number of rotatable bonds is 7. The smallest absolute Gasteiger partial charge is 0.357 e. The summed E-state index contributed by atoms with van der Waals surface area (Å²) in [5, 5.41) is 5.84. The van der Waals surface area contributed by atoms with Crippen molar-refractivity contribution in [2.24, 2.45) is 4.99 Å². The molecule has 0 amide bonds. The monoisotopic (exact) mass is 398 g/mol. The molecule has 152 valence electrons. The lowest BCUT2D eigenvalue weighted by molar-refractivity contribution is -0.141. The Morgan fingerprint density at radius 3 is 2.71 bits per heavy atom. The fourth-order valence-corrected chi connectivity index (χ4v) is 2.39. The molecule has 28 heavy (non-hydrogen) atoms. The molecule has 6 nitrogen and oxygen atoms in total. The molecule has 0 radical (unpaired) electrons. The molecule has 0 fully saturated rings. The largest absolute Gasteiger partial charge is 0.433 e. The van der Waals surface area contributed by atoms with Gasteiger partial charge in [0.1, 0.15) is 11.5 Å². The highest BCUT2D eigenvalue weighted by atomic mass is 19.4. The van der Waals surface area contributed by atoms with E-state index in [0.717, 1.165) is 17.8 Å². The van der Waals surface area contributed by atoms with E-state index in [1.165, 1.54) is 12.1 Å². The minimum absolute atomic E-state index is 0.108. The highest BCUT2D eigenvalue weighted by Crippen LogP contribution is 2.27. The van der Waals surface area contributed by atoms with E-state index in [-0.39, 0.29) is 24.9 Å². The van der Waals surface area contributed by atoms with Gasteiger partial charge >= 0.3 is 6.18 Å². The predicted molar refractivity (Wildman–Crippen MR) is 99.4 cm³/mol. The number of guanidine groups is 1. The number of hydrogen-bond donors (Lipinski definition) is 2. The molecule has 10 heteroatoms. The molecule has 2 rings (SSSR count). The van der Waals surface area contributed by atoms with Crippen molar-refractivity contribution in [2.75, 3.05) is 32.0 Å². The van der Waals surface area contributed by atoms with Crippen LogP contribution in [0.2, 0.25) is 0 Å². The van der Waals surface area contributed by atoms with Crippen molar-refractivity contribution in [3.05, 3.63) is 53.6 Å². The Balaban J connectivity index is 1.93. The molecule has 0 spiro atoms. The Kier molecular flexibility index (Phi) is 7.53. The van der Waals surface area contributed by atoms with E-state index < -0.39 is 11.9 Å². The van der Waals surface area contributed by atoms with Gasteiger partial charge in [0, 0.05) is 32.9 Å². The Bertz CT molecular complexity index is 794. The van der Waals surface area contributed by atoms with Gasteiger partial charge in [-0.15, -0.1) is 0 Å². The Morgan fingerprint density at radius 2 is 2.04 bits per heavy atom. The summed E-state index contributed by atoms with van der Waals surface area (Å²) in [6.07, 6.45) is -3.46. The molecule has 0 aliphatic rings. The number of nitrogens with one attached hydrogen (secondary N) is 2. The van der Waals surface area contributed by atoms with Crippen molar-refractivity contribution in [1.29, 1.82) is 0 Å². The van der Waals surface area contributed by atoms with E-state index in [1.807, 2.05) is 24.9 Å². The molecule has 2 N–H and O–H groups in total. The van der Waals surface area contributed by atoms with Crippen LogP contribution in [0.25, 0.3) is 0 Å². The molecule has 1 aromatic carbocycles.